The topological polar surface area (TPSA) is 50.9 Å². The maximum Gasteiger partial charge on any atom is 0.122 e. The quantitative estimate of drug-likeness (QED) is 0.823. The second-order valence-electron chi connectivity index (χ2n) is 4.21. The Morgan fingerprint density at radius 1 is 1.25 bits per heavy atom. The van der Waals surface area contributed by atoms with Crippen LogP contribution >= 0.6 is 35.4 Å². The summed E-state index contributed by atoms with van der Waals surface area (Å²) in [5, 5.41) is 4.59. The van der Waals surface area contributed by atoms with Crippen molar-refractivity contribution in [2.45, 2.75) is 6.42 Å². The Kier molecular flexibility index (Phi) is 5.17. The van der Waals surface area contributed by atoms with Gasteiger partial charge < -0.3 is 11.1 Å². The van der Waals surface area contributed by atoms with Crippen LogP contribution in [-0.4, -0.2) is 16.5 Å². The zero-order valence-electron chi connectivity index (χ0n) is 10.6. The third-order valence-electron chi connectivity index (χ3n) is 2.75. The number of nitrogens with one attached hydrogen (secondary N) is 1. The third-order valence-corrected chi connectivity index (χ3v) is 3.55. The van der Waals surface area contributed by atoms with Crippen LogP contribution in [0, 0.1) is 0 Å². The van der Waals surface area contributed by atoms with Crippen LogP contribution in [0.4, 0.5) is 5.69 Å². The normalized spacial score (nSPS) is 10.3. The number of nitrogens with two attached hydrogens (primary N) is 1. The van der Waals surface area contributed by atoms with Gasteiger partial charge in [-0.25, -0.2) is 0 Å². The first-order chi connectivity index (χ1) is 9.56. The summed E-state index contributed by atoms with van der Waals surface area (Å²) in [6, 6.07) is 9.20. The van der Waals surface area contributed by atoms with E-state index in [-0.39, 0.29) is 0 Å². The van der Waals surface area contributed by atoms with Gasteiger partial charge >= 0.3 is 0 Å². The van der Waals surface area contributed by atoms with Gasteiger partial charge in [-0.2, -0.15) is 0 Å². The minimum absolute atomic E-state index is 0.296. The molecular formula is C14H13Cl2N3S. The fourth-order valence-electron chi connectivity index (χ4n) is 1.71. The molecule has 0 amide bonds. The number of hydrogen-bond acceptors (Lipinski definition) is 3. The van der Waals surface area contributed by atoms with Gasteiger partial charge in [0.1, 0.15) is 4.99 Å². The van der Waals surface area contributed by atoms with Gasteiger partial charge in [-0.15, -0.1) is 0 Å². The van der Waals surface area contributed by atoms with Gasteiger partial charge in [0.05, 0.1) is 17.6 Å². The fourth-order valence-corrected chi connectivity index (χ4v) is 2.33. The van der Waals surface area contributed by atoms with Crippen LogP contribution in [0.1, 0.15) is 11.3 Å². The number of pyridine rings is 1. The van der Waals surface area contributed by atoms with E-state index in [0.29, 0.717) is 20.7 Å². The number of nitrogens with zero attached hydrogens (tertiary/aromatic N) is 1. The average Bonchev–Trinajstić information content (AvgIpc) is 2.42. The molecule has 1 aromatic carbocycles. The van der Waals surface area contributed by atoms with E-state index in [4.69, 9.17) is 41.2 Å². The predicted octanol–water partition coefficient (Wildman–Crippen LogP) is 3.68. The van der Waals surface area contributed by atoms with Crippen molar-refractivity contribution in [1.82, 2.24) is 4.98 Å². The minimum Gasteiger partial charge on any atom is -0.388 e. The van der Waals surface area contributed by atoms with Gasteiger partial charge in [0.15, 0.2) is 0 Å². The molecule has 0 bridgehead atoms. The lowest BCUT2D eigenvalue weighted by Gasteiger charge is -2.08. The Bertz CT molecular complexity index is 614. The fraction of sp³-hybridized carbons (Fsp3) is 0.143. The number of rotatable bonds is 5. The lowest BCUT2D eigenvalue weighted by Crippen LogP contribution is -2.12. The van der Waals surface area contributed by atoms with E-state index in [1.54, 1.807) is 18.3 Å². The number of anilines is 1. The second-order valence-corrected chi connectivity index (χ2v) is 5.49. The molecule has 0 aliphatic heterocycles. The third kappa shape index (κ3) is 4.07. The Morgan fingerprint density at radius 2 is 2.05 bits per heavy atom. The molecule has 0 unspecified atom stereocenters. The first kappa shape index (κ1) is 15.0. The van der Waals surface area contributed by atoms with Crippen molar-refractivity contribution in [3.8, 4) is 0 Å². The van der Waals surface area contributed by atoms with Crippen molar-refractivity contribution in [1.29, 1.82) is 0 Å². The highest BCUT2D eigenvalue weighted by molar-refractivity contribution is 7.80. The number of halogens is 2. The summed E-state index contributed by atoms with van der Waals surface area (Å²) in [7, 11) is 0. The molecule has 0 saturated heterocycles. The maximum atomic E-state index is 6.11. The standard InChI is InChI=1S/C14H13Cl2N3S/c15-10-2-1-9(12(16)7-10)5-6-18-11-3-4-13(14(17)20)19-8-11/h1-4,7-8,18H,5-6H2,(H2,17,20). The van der Waals surface area contributed by atoms with Crippen molar-refractivity contribution < 1.29 is 0 Å². The highest BCUT2D eigenvalue weighted by Crippen LogP contribution is 2.21. The molecule has 0 saturated carbocycles. The molecule has 0 fully saturated rings. The van der Waals surface area contributed by atoms with Crippen molar-refractivity contribution in [3.63, 3.8) is 0 Å². The highest BCUT2D eigenvalue weighted by Gasteiger charge is 2.02. The average molecular weight is 326 g/mol. The molecule has 1 aromatic heterocycles. The van der Waals surface area contributed by atoms with Gasteiger partial charge in [0.25, 0.3) is 0 Å². The first-order valence-corrected chi connectivity index (χ1v) is 7.16. The molecule has 1 heterocycles. The largest absolute Gasteiger partial charge is 0.388 e. The van der Waals surface area contributed by atoms with Gasteiger partial charge in [-0.3, -0.25) is 4.98 Å². The van der Waals surface area contributed by atoms with E-state index in [9.17, 15) is 0 Å². The minimum atomic E-state index is 0.296. The highest BCUT2D eigenvalue weighted by atomic mass is 35.5. The van der Waals surface area contributed by atoms with E-state index in [0.717, 1.165) is 24.2 Å². The summed E-state index contributed by atoms with van der Waals surface area (Å²) >= 11 is 16.8. The summed E-state index contributed by atoms with van der Waals surface area (Å²) < 4.78 is 0. The van der Waals surface area contributed by atoms with Gasteiger partial charge in [0.2, 0.25) is 0 Å². The molecule has 2 aromatic rings. The number of hydrogen-bond donors (Lipinski definition) is 2. The van der Waals surface area contributed by atoms with Crippen LogP contribution in [0.15, 0.2) is 36.5 Å². The number of benzene rings is 1. The second kappa shape index (κ2) is 6.88. The summed E-state index contributed by atoms with van der Waals surface area (Å²) in [4.78, 5) is 4.46. The lowest BCUT2D eigenvalue weighted by molar-refractivity contribution is 1.02. The molecule has 0 atom stereocenters. The van der Waals surface area contributed by atoms with Crippen LogP contribution in [0.25, 0.3) is 0 Å². The Morgan fingerprint density at radius 3 is 2.65 bits per heavy atom. The lowest BCUT2D eigenvalue weighted by atomic mass is 10.1. The number of aromatic nitrogens is 1. The molecule has 0 aliphatic carbocycles. The van der Waals surface area contributed by atoms with E-state index in [2.05, 4.69) is 10.3 Å². The van der Waals surface area contributed by atoms with Crippen LogP contribution in [-0.2, 0) is 6.42 Å². The molecule has 0 radical (unpaired) electrons. The molecule has 20 heavy (non-hydrogen) atoms. The van der Waals surface area contributed by atoms with Crippen LogP contribution in [0.2, 0.25) is 10.0 Å². The van der Waals surface area contributed by atoms with E-state index < -0.39 is 0 Å². The zero-order chi connectivity index (χ0) is 14.5. The van der Waals surface area contributed by atoms with E-state index in [1.807, 2.05) is 18.2 Å². The first-order valence-electron chi connectivity index (χ1n) is 6.00. The van der Waals surface area contributed by atoms with Crippen molar-refractivity contribution in [2.75, 3.05) is 11.9 Å². The van der Waals surface area contributed by atoms with Crippen molar-refractivity contribution in [3.05, 3.63) is 57.8 Å². The van der Waals surface area contributed by atoms with Crippen molar-refractivity contribution in [2.24, 2.45) is 5.73 Å². The number of thiocarbonyl (C=S) groups is 1. The SMILES string of the molecule is NC(=S)c1ccc(NCCc2ccc(Cl)cc2Cl)cn1. The molecule has 104 valence electrons. The summed E-state index contributed by atoms with van der Waals surface area (Å²) in [5.74, 6) is 0. The Labute approximate surface area is 133 Å². The molecule has 0 aliphatic rings. The smallest absolute Gasteiger partial charge is 0.122 e. The Hall–Kier alpha value is -1.36. The molecular weight excluding hydrogens is 313 g/mol. The molecule has 0 spiro atoms. The Balaban J connectivity index is 1.91. The van der Waals surface area contributed by atoms with E-state index >= 15 is 0 Å². The predicted molar refractivity (Wildman–Crippen MR) is 88.8 cm³/mol. The van der Waals surface area contributed by atoms with Crippen LogP contribution in [0.5, 0.6) is 0 Å². The van der Waals surface area contributed by atoms with Crippen LogP contribution in [0.3, 0.4) is 0 Å². The van der Waals surface area contributed by atoms with Crippen LogP contribution < -0.4 is 11.1 Å². The van der Waals surface area contributed by atoms with E-state index in [1.165, 1.54) is 0 Å². The van der Waals surface area contributed by atoms with Gasteiger partial charge in [-0.05, 0) is 36.2 Å². The summed E-state index contributed by atoms with van der Waals surface area (Å²) in [6.45, 7) is 0.745. The maximum absolute atomic E-state index is 6.11. The van der Waals surface area contributed by atoms with Gasteiger partial charge in [0, 0.05) is 16.6 Å². The monoisotopic (exact) mass is 325 g/mol. The molecule has 3 nitrogen and oxygen atoms in total. The summed E-state index contributed by atoms with van der Waals surface area (Å²) in [5.41, 5.74) is 8.07. The van der Waals surface area contributed by atoms with Gasteiger partial charge in [-0.1, -0.05) is 41.5 Å². The summed E-state index contributed by atoms with van der Waals surface area (Å²) in [6.07, 6.45) is 2.50. The molecule has 2 rings (SSSR count). The molecule has 3 N–H and O–H groups in total. The zero-order valence-corrected chi connectivity index (χ0v) is 12.9. The molecule has 6 heteroatoms. The van der Waals surface area contributed by atoms with Crippen molar-refractivity contribution >= 4 is 46.1 Å².